The van der Waals surface area contributed by atoms with Gasteiger partial charge in [0.05, 0.1) is 11.3 Å². The van der Waals surface area contributed by atoms with Crippen LogP contribution in [0.1, 0.15) is 31.9 Å². The number of fused-ring (bicyclic) bond motifs is 1. The fourth-order valence-corrected chi connectivity index (χ4v) is 4.25. The summed E-state index contributed by atoms with van der Waals surface area (Å²) in [4.78, 5) is 29.6. The van der Waals surface area contributed by atoms with Crippen molar-refractivity contribution in [1.29, 1.82) is 0 Å². The third-order valence-electron chi connectivity index (χ3n) is 4.18. The molecule has 0 fully saturated rings. The largest absolute Gasteiger partial charge is 0.351 e. The maximum atomic E-state index is 12.8. The zero-order valence-electron chi connectivity index (χ0n) is 14.8. The molecule has 2 aromatic heterocycles. The van der Waals surface area contributed by atoms with Gasteiger partial charge in [-0.3, -0.25) is 14.2 Å². The lowest BCUT2D eigenvalue weighted by molar-refractivity contribution is -0.118. The van der Waals surface area contributed by atoms with Gasteiger partial charge in [-0.05, 0) is 30.4 Å². The molecule has 2 heterocycles. The summed E-state index contributed by atoms with van der Waals surface area (Å²) >= 11 is 2.72. The van der Waals surface area contributed by atoms with Gasteiger partial charge in [0, 0.05) is 12.6 Å². The Bertz CT molecular complexity index is 950. The third-order valence-corrected chi connectivity index (χ3v) is 6.02. The topological polar surface area (TPSA) is 64.0 Å². The highest BCUT2D eigenvalue weighted by atomic mass is 32.2. The zero-order chi connectivity index (χ0) is 18.5. The lowest BCUT2D eigenvalue weighted by Gasteiger charge is -2.17. The van der Waals surface area contributed by atoms with Crippen molar-refractivity contribution in [3.63, 3.8) is 0 Å². The van der Waals surface area contributed by atoms with Gasteiger partial charge in [0.2, 0.25) is 5.91 Å². The monoisotopic (exact) mass is 387 g/mol. The number of nitrogens with zero attached hydrogens (tertiary/aromatic N) is 2. The summed E-state index contributed by atoms with van der Waals surface area (Å²) in [6.07, 6.45) is 0.826. The van der Waals surface area contributed by atoms with Gasteiger partial charge in [0.1, 0.15) is 4.70 Å². The van der Waals surface area contributed by atoms with Crippen LogP contribution >= 0.6 is 23.1 Å². The lowest BCUT2D eigenvalue weighted by atomic mass is 10.2. The van der Waals surface area contributed by atoms with Gasteiger partial charge in [-0.1, -0.05) is 49.0 Å². The van der Waals surface area contributed by atoms with Crippen LogP contribution in [-0.4, -0.2) is 21.2 Å². The first kappa shape index (κ1) is 18.7. The van der Waals surface area contributed by atoms with Crippen molar-refractivity contribution in [3.8, 4) is 0 Å². The van der Waals surface area contributed by atoms with Crippen molar-refractivity contribution in [2.24, 2.45) is 0 Å². The van der Waals surface area contributed by atoms with E-state index in [2.05, 4.69) is 10.3 Å². The second-order valence-electron chi connectivity index (χ2n) is 6.01. The Kier molecular flexibility index (Phi) is 6.11. The van der Waals surface area contributed by atoms with Crippen LogP contribution in [0.25, 0.3) is 10.2 Å². The van der Waals surface area contributed by atoms with Gasteiger partial charge in [-0.15, -0.1) is 11.3 Å². The van der Waals surface area contributed by atoms with Crippen LogP contribution in [0.3, 0.4) is 0 Å². The molecule has 0 unspecified atom stereocenters. The predicted molar refractivity (Wildman–Crippen MR) is 108 cm³/mol. The Morgan fingerprint density at radius 3 is 2.81 bits per heavy atom. The van der Waals surface area contributed by atoms with Crippen LogP contribution in [0.4, 0.5) is 0 Å². The van der Waals surface area contributed by atoms with Crippen molar-refractivity contribution in [2.75, 3.05) is 5.75 Å². The maximum Gasteiger partial charge on any atom is 0.272 e. The molecule has 3 rings (SSSR count). The van der Waals surface area contributed by atoms with Crippen LogP contribution in [0.15, 0.2) is 51.7 Å². The molecule has 0 bridgehead atoms. The minimum atomic E-state index is -0.0748. The number of benzene rings is 1. The zero-order valence-corrected chi connectivity index (χ0v) is 16.4. The summed E-state index contributed by atoms with van der Waals surface area (Å²) in [5.41, 5.74) is 1.73. The summed E-state index contributed by atoms with van der Waals surface area (Å²) in [7, 11) is 0. The molecule has 0 saturated heterocycles. The Labute approximate surface area is 160 Å². The first-order valence-electron chi connectivity index (χ1n) is 8.53. The van der Waals surface area contributed by atoms with Gasteiger partial charge in [0.25, 0.3) is 5.56 Å². The number of nitrogens with one attached hydrogen (secondary N) is 1. The van der Waals surface area contributed by atoms with E-state index in [1.54, 1.807) is 4.57 Å². The second kappa shape index (κ2) is 8.51. The highest BCUT2D eigenvalue weighted by Crippen LogP contribution is 2.24. The van der Waals surface area contributed by atoms with Crippen molar-refractivity contribution < 1.29 is 4.79 Å². The molecule has 1 atom stereocenters. The van der Waals surface area contributed by atoms with E-state index in [0.717, 1.165) is 12.0 Å². The summed E-state index contributed by atoms with van der Waals surface area (Å²) in [6, 6.07) is 11.7. The molecular weight excluding hydrogens is 366 g/mol. The number of carbonyl (C=O) groups is 1. The van der Waals surface area contributed by atoms with Gasteiger partial charge >= 0.3 is 0 Å². The summed E-state index contributed by atoms with van der Waals surface area (Å²) in [6.45, 7) is 4.54. The Morgan fingerprint density at radius 2 is 2.08 bits per heavy atom. The smallest absolute Gasteiger partial charge is 0.272 e. The van der Waals surface area contributed by atoms with E-state index in [1.165, 1.54) is 23.1 Å². The maximum absolute atomic E-state index is 12.8. The van der Waals surface area contributed by atoms with Crippen LogP contribution in [0, 0.1) is 0 Å². The van der Waals surface area contributed by atoms with Gasteiger partial charge in [0.15, 0.2) is 5.16 Å². The minimum absolute atomic E-state index is 0.0217. The second-order valence-corrected chi connectivity index (χ2v) is 7.87. The molecule has 0 saturated carbocycles. The quantitative estimate of drug-likeness (QED) is 0.494. The Hall–Kier alpha value is -2.12. The fraction of sp³-hybridized carbons (Fsp3) is 0.316. The van der Waals surface area contributed by atoms with E-state index in [9.17, 15) is 9.59 Å². The molecule has 0 aliphatic rings. The highest BCUT2D eigenvalue weighted by Gasteiger charge is 2.17. The molecule has 3 aromatic rings. The van der Waals surface area contributed by atoms with Crippen molar-refractivity contribution in [2.45, 2.75) is 38.0 Å². The first-order chi connectivity index (χ1) is 12.6. The Morgan fingerprint density at radius 1 is 1.31 bits per heavy atom. The van der Waals surface area contributed by atoms with Crippen LogP contribution in [0.5, 0.6) is 0 Å². The summed E-state index contributed by atoms with van der Waals surface area (Å²) in [5, 5.41) is 5.38. The van der Waals surface area contributed by atoms with Crippen LogP contribution in [-0.2, 0) is 11.3 Å². The molecule has 0 radical (unpaired) electrons. The molecule has 1 amide bonds. The summed E-state index contributed by atoms with van der Waals surface area (Å²) in [5.74, 6) is 0.153. The Balaban J connectivity index is 1.73. The molecular formula is C19H21N3O2S2. The molecule has 0 spiro atoms. The predicted octanol–water partition coefficient (Wildman–Crippen LogP) is 3.84. The van der Waals surface area contributed by atoms with E-state index >= 15 is 0 Å². The average Bonchev–Trinajstić information content (AvgIpc) is 3.14. The molecule has 7 heteroatoms. The number of rotatable bonds is 7. The minimum Gasteiger partial charge on any atom is -0.351 e. The molecule has 1 aromatic carbocycles. The van der Waals surface area contributed by atoms with Crippen LogP contribution in [0.2, 0.25) is 0 Å². The first-order valence-corrected chi connectivity index (χ1v) is 10.4. The summed E-state index contributed by atoms with van der Waals surface area (Å²) < 4.78 is 2.39. The highest BCUT2D eigenvalue weighted by molar-refractivity contribution is 7.99. The van der Waals surface area contributed by atoms with Gasteiger partial charge in [-0.2, -0.15) is 0 Å². The van der Waals surface area contributed by atoms with Crippen molar-refractivity contribution in [3.05, 3.63) is 57.7 Å². The SMILES string of the molecule is CC[C@H](C)n1c(SCC(=O)NCc2ccccc2)nc2ccsc2c1=O. The van der Waals surface area contributed by atoms with Crippen molar-refractivity contribution in [1.82, 2.24) is 14.9 Å². The number of aromatic nitrogens is 2. The van der Waals surface area contributed by atoms with E-state index in [-0.39, 0.29) is 23.3 Å². The molecule has 0 aliphatic carbocycles. The lowest BCUT2D eigenvalue weighted by Crippen LogP contribution is -2.27. The molecule has 1 N–H and O–H groups in total. The normalized spacial score (nSPS) is 12.2. The van der Waals surface area contributed by atoms with Gasteiger partial charge < -0.3 is 5.32 Å². The van der Waals surface area contributed by atoms with E-state index in [4.69, 9.17) is 0 Å². The molecule has 136 valence electrons. The number of hydrogen-bond acceptors (Lipinski definition) is 5. The molecule has 26 heavy (non-hydrogen) atoms. The standard InChI is InChI=1S/C19H21N3O2S2/c1-3-13(2)22-18(24)17-15(9-10-25-17)21-19(22)26-12-16(23)20-11-14-7-5-4-6-8-14/h4-10,13H,3,11-12H2,1-2H3,(H,20,23)/t13-/m0/s1. The number of hydrogen-bond donors (Lipinski definition) is 1. The molecule has 5 nitrogen and oxygen atoms in total. The third kappa shape index (κ3) is 4.16. The number of carbonyl (C=O) groups excluding carboxylic acids is 1. The van der Waals surface area contributed by atoms with Gasteiger partial charge in [-0.25, -0.2) is 4.98 Å². The van der Waals surface area contributed by atoms with E-state index in [1.807, 2.05) is 55.6 Å². The molecule has 0 aliphatic heterocycles. The number of amides is 1. The number of thiophene rings is 1. The van der Waals surface area contributed by atoms with Crippen molar-refractivity contribution >= 4 is 39.2 Å². The number of thioether (sulfide) groups is 1. The fourth-order valence-electron chi connectivity index (χ4n) is 2.55. The van der Waals surface area contributed by atoms with Crippen LogP contribution < -0.4 is 10.9 Å². The van der Waals surface area contributed by atoms with E-state index in [0.29, 0.717) is 21.9 Å². The van der Waals surface area contributed by atoms with E-state index < -0.39 is 0 Å². The average molecular weight is 388 g/mol.